The Kier molecular flexibility index (Phi) is 5.84. The van der Waals surface area contributed by atoms with E-state index >= 15 is 0 Å². The van der Waals surface area contributed by atoms with Gasteiger partial charge in [-0.3, -0.25) is 4.79 Å². The second-order valence-corrected chi connectivity index (χ2v) is 11.5. The van der Waals surface area contributed by atoms with E-state index in [1.807, 2.05) is 29.2 Å². The van der Waals surface area contributed by atoms with Crippen LogP contribution in [0.3, 0.4) is 0 Å². The number of fused-ring (bicyclic) bond motifs is 1. The molecule has 0 radical (unpaired) electrons. The topological polar surface area (TPSA) is 57.7 Å². The van der Waals surface area contributed by atoms with Crippen LogP contribution in [0.2, 0.25) is 5.02 Å². The molecule has 0 N–H and O–H groups in total. The highest BCUT2D eigenvalue weighted by Crippen LogP contribution is 2.39. The second-order valence-electron chi connectivity index (χ2n) is 8.18. The van der Waals surface area contributed by atoms with Crippen LogP contribution in [0.15, 0.2) is 70.9 Å². The normalized spacial score (nSPS) is 18.6. The van der Waals surface area contributed by atoms with Gasteiger partial charge in [0.25, 0.3) is 0 Å². The van der Waals surface area contributed by atoms with Crippen molar-refractivity contribution >= 4 is 38.9 Å². The number of amides is 1. The molecule has 1 amide bonds. The molecule has 5 nitrogen and oxygen atoms in total. The van der Waals surface area contributed by atoms with Gasteiger partial charge in [-0.05, 0) is 66.1 Å². The zero-order chi connectivity index (χ0) is 22.3. The third kappa shape index (κ3) is 4.10. The fourth-order valence-electron chi connectivity index (χ4n) is 4.31. The highest BCUT2D eigenvalue weighted by molar-refractivity contribution is 7.89. The Bertz CT molecular complexity index is 1220. The molecule has 0 spiro atoms. The van der Waals surface area contributed by atoms with Crippen LogP contribution in [0.1, 0.15) is 34.9 Å². The van der Waals surface area contributed by atoms with Crippen molar-refractivity contribution in [3.05, 3.63) is 87.1 Å². The molecule has 5 rings (SSSR count). The first-order valence-electron chi connectivity index (χ1n) is 10.6. The molecule has 2 heterocycles. The minimum absolute atomic E-state index is 0.111. The molecule has 2 aliphatic rings. The van der Waals surface area contributed by atoms with Crippen LogP contribution in [0, 0.1) is 0 Å². The average Bonchev–Trinajstić information content (AvgIpc) is 3.53. The molecule has 1 unspecified atom stereocenters. The number of halogens is 1. The van der Waals surface area contributed by atoms with E-state index in [1.54, 1.807) is 41.7 Å². The summed E-state index contributed by atoms with van der Waals surface area (Å²) in [6.45, 7) is 0.412. The summed E-state index contributed by atoms with van der Waals surface area (Å²) in [5, 5.41) is 2.69. The molecule has 1 aliphatic carbocycles. The third-order valence-electron chi connectivity index (χ3n) is 6.07. The number of hydrogen-bond donors (Lipinski definition) is 0. The van der Waals surface area contributed by atoms with Gasteiger partial charge in [0, 0.05) is 22.5 Å². The summed E-state index contributed by atoms with van der Waals surface area (Å²) in [7, 11) is -3.74. The van der Waals surface area contributed by atoms with Crippen LogP contribution in [0.25, 0.3) is 0 Å². The van der Waals surface area contributed by atoms with Gasteiger partial charge >= 0.3 is 0 Å². The average molecular weight is 487 g/mol. The van der Waals surface area contributed by atoms with Crippen LogP contribution < -0.4 is 0 Å². The summed E-state index contributed by atoms with van der Waals surface area (Å²) in [5.74, 6) is -0.173. The predicted molar refractivity (Wildman–Crippen MR) is 126 cm³/mol. The van der Waals surface area contributed by atoms with Gasteiger partial charge in [-0.1, -0.05) is 41.9 Å². The zero-order valence-electron chi connectivity index (χ0n) is 17.4. The number of carbonyl (C=O) groups excluding carboxylic acids is 1. The van der Waals surface area contributed by atoms with Gasteiger partial charge in [0.05, 0.1) is 17.5 Å². The Morgan fingerprint density at radius 3 is 2.47 bits per heavy atom. The number of hydrogen-bond acceptors (Lipinski definition) is 4. The fraction of sp³-hybridized carbons (Fsp3) is 0.292. The monoisotopic (exact) mass is 486 g/mol. The predicted octanol–water partition coefficient (Wildman–Crippen LogP) is 4.73. The van der Waals surface area contributed by atoms with Crippen molar-refractivity contribution < 1.29 is 13.2 Å². The molecular formula is C24H23ClN2O3S2. The van der Waals surface area contributed by atoms with Crippen LogP contribution in [0.4, 0.5) is 0 Å². The van der Waals surface area contributed by atoms with Crippen LogP contribution in [-0.2, 0) is 21.2 Å². The Morgan fingerprint density at radius 1 is 1.06 bits per heavy atom. The van der Waals surface area contributed by atoms with Gasteiger partial charge in [-0.15, -0.1) is 11.3 Å². The van der Waals surface area contributed by atoms with Crippen molar-refractivity contribution in [2.75, 3.05) is 13.1 Å². The Hall–Kier alpha value is -2.19. The van der Waals surface area contributed by atoms with E-state index < -0.39 is 10.0 Å². The number of rotatable bonds is 6. The molecule has 2 aromatic carbocycles. The van der Waals surface area contributed by atoms with Crippen LogP contribution in [0.5, 0.6) is 0 Å². The number of thiophene rings is 1. The lowest BCUT2D eigenvalue weighted by molar-refractivity contribution is -0.133. The Morgan fingerprint density at radius 2 is 1.78 bits per heavy atom. The first kappa shape index (κ1) is 21.6. The lowest BCUT2D eigenvalue weighted by Gasteiger charge is -2.37. The number of sulfonamides is 1. The number of carbonyl (C=O) groups is 1. The van der Waals surface area contributed by atoms with E-state index in [2.05, 4.69) is 11.4 Å². The van der Waals surface area contributed by atoms with E-state index in [9.17, 15) is 13.2 Å². The summed E-state index contributed by atoms with van der Waals surface area (Å²) in [4.78, 5) is 16.9. The van der Waals surface area contributed by atoms with Gasteiger partial charge in [0.1, 0.15) is 0 Å². The lowest BCUT2D eigenvalue weighted by atomic mass is 9.93. The van der Waals surface area contributed by atoms with Crippen LogP contribution in [-0.4, -0.2) is 42.7 Å². The zero-order valence-corrected chi connectivity index (χ0v) is 19.7. The van der Waals surface area contributed by atoms with Crippen molar-refractivity contribution in [2.45, 2.75) is 36.2 Å². The van der Waals surface area contributed by atoms with E-state index in [0.717, 1.165) is 30.4 Å². The smallest absolute Gasteiger partial charge is 0.243 e. The molecule has 1 saturated carbocycles. The van der Waals surface area contributed by atoms with E-state index in [-0.39, 0.29) is 29.4 Å². The molecule has 8 heteroatoms. The number of benzene rings is 2. The van der Waals surface area contributed by atoms with Crippen molar-refractivity contribution in [1.82, 2.24) is 9.21 Å². The summed E-state index contributed by atoms with van der Waals surface area (Å²) < 4.78 is 28.0. The van der Waals surface area contributed by atoms with E-state index in [0.29, 0.717) is 11.6 Å². The largest absolute Gasteiger partial charge is 0.330 e. The minimum atomic E-state index is -3.74. The lowest BCUT2D eigenvalue weighted by Crippen LogP contribution is -2.47. The standard InChI is InChI=1S/C24H23ClN2O3S2/c25-18-8-6-17(7-9-18)24-21-13-15-31-22(21)12-14-26(24)23(28)16-27(19-10-11-19)32(29,30)20-4-2-1-3-5-20/h1-9,13,15,19,24H,10-12,14,16H2. The van der Waals surface area contributed by atoms with Crippen LogP contribution >= 0.6 is 22.9 Å². The molecule has 0 saturated heterocycles. The summed E-state index contributed by atoms with van der Waals surface area (Å²) in [6, 6.07) is 17.6. The van der Waals surface area contributed by atoms with Crippen molar-refractivity contribution in [3.63, 3.8) is 0 Å². The van der Waals surface area contributed by atoms with Gasteiger partial charge < -0.3 is 4.90 Å². The highest BCUT2D eigenvalue weighted by atomic mass is 35.5. The molecule has 166 valence electrons. The molecule has 1 atom stereocenters. The number of nitrogens with zero attached hydrogens (tertiary/aromatic N) is 2. The second kappa shape index (κ2) is 8.63. The molecule has 1 aliphatic heterocycles. The maximum Gasteiger partial charge on any atom is 0.243 e. The molecule has 1 aromatic heterocycles. The maximum atomic E-state index is 13.6. The maximum absolute atomic E-state index is 13.6. The Balaban J connectivity index is 1.46. The first-order valence-corrected chi connectivity index (χ1v) is 13.3. The van der Waals surface area contributed by atoms with Gasteiger partial charge in [0.2, 0.25) is 15.9 Å². The third-order valence-corrected chi connectivity index (χ3v) is 9.23. The first-order chi connectivity index (χ1) is 15.4. The van der Waals surface area contributed by atoms with E-state index in [1.165, 1.54) is 9.18 Å². The Labute approximate surface area is 197 Å². The van der Waals surface area contributed by atoms with Crippen molar-refractivity contribution in [1.29, 1.82) is 0 Å². The molecule has 0 bridgehead atoms. The highest BCUT2D eigenvalue weighted by Gasteiger charge is 2.41. The molecular weight excluding hydrogens is 464 g/mol. The quantitative estimate of drug-likeness (QED) is 0.506. The van der Waals surface area contributed by atoms with Gasteiger partial charge in [0.15, 0.2) is 0 Å². The molecule has 32 heavy (non-hydrogen) atoms. The summed E-state index contributed by atoms with van der Waals surface area (Å²) in [5.41, 5.74) is 2.09. The van der Waals surface area contributed by atoms with Gasteiger partial charge in [-0.2, -0.15) is 4.31 Å². The van der Waals surface area contributed by atoms with E-state index in [4.69, 9.17) is 11.6 Å². The summed E-state index contributed by atoms with van der Waals surface area (Å²) >= 11 is 7.80. The molecule has 3 aromatic rings. The fourth-order valence-corrected chi connectivity index (χ4v) is 7.00. The SMILES string of the molecule is O=C(CN(C1CC1)S(=O)(=O)c1ccccc1)N1CCc2sccc2C1c1ccc(Cl)cc1. The summed E-state index contributed by atoms with van der Waals surface area (Å²) in [6.07, 6.45) is 2.35. The van der Waals surface area contributed by atoms with Crippen molar-refractivity contribution in [3.8, 4) is 0 Å². The minimum Gasteiger partial charge on any atom is -0.330 e. The molecule has 1 fully saturated rings. The van der Waals surface area contributed by atoms with Crippen molar-refractivity contribution in [2.24, 2.45) is 0 Å². The van der Waals surface area contributed by atoms with Gasteiger partial charge in [-0.25, -0.2) is 8.42 Å².